The lowest BCUT2D eigenvalue weighted by atomic mass is 10.0. The Labute approximate surface area is 111 Å². The van der Waals surface area contributed by atoms with Gasteiger partial charge in [-0.2, -0.15) is 0 Å². The molecule has 2 rings (SSSR count). The Morgan fingerprint density at radius 1 is 1.28 bits per heavy atom. The Balaban J connectivity index is 2.05. The van der Waals surface area contributed by atoms with Crippen LogP contribution in [0.25, 0.3) is 0 Å². The van der Waals surface area contributed by atoms with Crippen LogP contribution in [-0.2, 0) is 13.0 Å². The third kappa shape index (κ3) is 3.49. The largest absolute Gasteiger partial charge is 0.497 e. The lowest BCUT2D eigenvalue weighted by Crippen LogP contribution is -2.25. The molecule has 18 heavy (non-hydrogen) atoms. The van der Waals surface area contributed by atoms with Gasteiger partial charge in [0.25, 0.3) is 0 Å². The first-order valence-electron chi connectivity index (χ1n) is 7.07. The monoisotopic (exact) mass is 247 g/mol. The van der Waals surface area contributed by atoms with Gasteiger partial charge in [-0.25, -0.2) is 0 Å². The van der Waals surface area contributed by atoms with E-state index in [2.05, 4.69) is 36.9 Å². The second kappa shape index (κ2) is 6.24. The minimum absolute atomic E-state index is 0.795. The molecule has 0 saturated carbocycles. The van der Waals surface area contributed by atoms with Crippen molar-refractivity contribution in [3.63, 3.8) is 0 Å². The van der Waals surface area contributed by atoms with Gasteiger partial charge in [0.05, 0.1) is 7.11 Å². The maximum atomic E-state index is 5.31. The fraction of sp³-hybridized carbons (Fsp3) is 0.625. The Kier molecular flexibility index (Phi) is 4.65. The molecular formula is C16H25NO. The summed E-state index contributed by atoms with van der Waals surface area (Å²) in [6, 6.07) is 6.54. The number of hydrogen-bond donors (Lipinski definition) is 0. The van der Waals surface area contributed by atoms with E-state index in [9.17, 15) is 0 Å². The molecule has 0 N–H and O–H groups in total. The predicted molar refractivity (Wildman–Crippen MR) is 76.0 cm³/mol. The van der Waals surface area contributed by atoms with Crippen LogP contribution in [-0.4, -0.2) is 25.1 Å². The number of benzene rings is 1. The smallest absolute Gasteiger partial charge is 0.119 e. The first-order chi connectivity index (χ1) is 8.69. The average Bonchev–Trinajstić information content (AvgIpc) is 2.57. The molecule has 0 aliphatic carbocycles. The first kappa shape index (κ1) is 13.4. The summed E-state index contributed by atoms with van der Waals surface area (Å²) in [7, 11) is 1.74. The van der Waals surface area contributed by atoms with Crippen LogP contribution in [0.1, 0.15) is 37.8 Å². The van der Waals surface area contributed by atoms with Gasteiger partial charge in [-0.15, -0.1) is 0 Å². The second-order valence-corrected chi connectivity index (χ2v) is 5.70. The fourth-order valence-corrected chi connectivity index (χ4v) is 2.56. The molecule has 1 heterocycles. The summed E-state index contributed by atoms with van der Waals surface area (Å²) in [5, 5.41) is 0. The van der Waals surface area contributed by atoms with Crippen molar-refractivity contribution in [2.45, 2.75) is 39.7 Å². The average molecular weight is 247 g/mol. The Morgan fingerprint density at radius 2 is 2.11 bits per heavy atom. The standard InChI is InChI=1S/C16H25NO/c1-13(2)8-10-17-9-4-5-14-11-16(18-3)7-6-15(14)12-17/h6-7,11,13H,4-5,8-10,12H2,1-3H3. The van der Waals surface area contributed by atoms with Crippen molar-refractivity contribution in [2.24, 2.45) is 5.92 Å². The summed E-state index contributed by atoms with van der Waals surface area (Å²) < 4.78 is 5.31. The third-order valence-corrected chi connectivity index (χ3v) is 3.75. The van der Waals surface area contributed by atoms with E-state index in [1.807, 2.05) is 0 Å². The van der Waals surface area contributed by atoms with Crippen molar-refractivity contribution in [2.75, 3.05) is 20.2 Å². The van der Waals surface area contributed by atoms with Gasteiger partial charge >= 0.3 is 0 Å². The third-order valence-electron chi connectivity index (χ3n) is 3.75. The summed E-state index contributed by atoms with van der Waals surface area (Å²) in [4.78, 5) is 2.60. The molecule has 0 saturated heterocycles. The van der Waals surface area contributed by atoms with Crippen molar-refractivity contribution in [1.82, 2.24) is 4.90 Å². The number of aryl methyl sites for hydroxylation is 1. The topological polar surface area (TPSA) is 12.5 Å². The first-order valence-corrected chi connectivity index (χ1v) is 7.07. The van der Waals surface area contributed by atoms with Crippen LogP contribution in [0.4, 0.5) is 0 Å². The van der Waals surface area contributed by atoms with E-state index in [0.717, 1.165) is 18.2 Å². The molecule has 2 heteroatoms. The van der Waals surface area contributed by atoms with Crippen molar-refractivity contribution >= 4 is 0 Å². The molecule has 1 aromatic rings. The molecule has 0 atom stereocenters. The summed E-state index contributed by atoms with van der Waals surface area (Å²) in [6.07, 6.45) is 3.74. The molecule has 2 nitrogen and oxygen atoms in total. The van der Waals surface area contributed by atoms with E-state index in [4.69, 9.17) is 4.74 Å². The Hall–Kier alpha value is -1.02. The molecule has 0 bridgehead atoms. The number of fused-ring (bicyclic) bond motifs is 1. The minimum atomic E-state index is 0.795. The van der Waals surface area contributed by atoms with Gasteiger partial charge in [-0.1, -0.05) is 19.9 Å². The molecule has 100 valence electrons. The summed E-state index contributed by atoms with van der Waals surface area (Å²) in [6.45, 7) is 8.16. The van der Waals surface area contributed by atoms with Crippen molar-refractivity contribution in [3.8, 4) is 5.75 Å². The van der Waals surface area contributed by atoms with E-state index in [1.54, 1.807) is 7.11 Å². The van der Waals surface area contributed by atoms with Gasteiger partial charge in [-0.05, 0) is 61.5 Å². The number of ether oxygens (including phenoxy) is 1. The fourth-order valence-electron chi connectivity index (χ4n) is 2.56. The van der Waals surface area contributed by atoms with Gasteiger partial charge in [0.1, 0.15) is 5.75 Å². The zero-order valence-corrected chi connectivity index (χ0v) is 11.9. The number of hydrogen-bond acceptors (Lipinski definition) is 2. The van der Waals surface area contributed by atoms with E-state index >= 15 is 0 Å². The Bertz CT molecular complexity index is 387. The maximum absolute atomic E-state index is 5.31. The van der Waals surface area contributed by atoms with Gasteiger partial charge in [0, 0.05) is 6.54 Å². The van der Waals surface area contributed by atoms with Gasteiger partial charge in [0.15, 0.2) is 0 Å². The zero-order chi connectivity index (χ0) is 13.0. The number of methoxy groups -OCH3 is 1. The lowest BCUT2D eigenvalue weighted by Gasteiger charge is -2.21. The molecule has 0 aromatic heterocycles. The summed E-state index contributed by atoms with van der Waals surface area (Å²) >= 11 is 0. The Morgan fingerprint density at radius 3 is 2.83 bits per heavy atom. The quantitative estimate of drug-likeness (QED) is 0.807. The van der Waals surface area contributed by atoms with Crippen LogP contribution < -0.4 is 4.74 Å². The number of nitrogens with zero attached hydrogens (tertiary/aromatic N) is 1. The van der Waals surface area contributed by atoms with Crippen LogP contribution in [0.15, 0.2) is 18.2 Å². The van der Waals surface area contributed by atoms with E-state index < -0.39 is 0 Å². The molecule has 0 unspecified atom stereocenters. The van der Waals surface area contributed by atoms with Crippen LogP contribution in [0, 0.1) is 5.92 Å². The molecule has 1 aromatic carbocycles. The van der Waals surface area contributed by atoms with Crippen LogP contribution >= 0.6 is 0 Å². The van der Waals surface area contributed by atoms with Gasteiger partial charge in [-0.3, -0.25) is 4.90 Å². The molecular weight excluding hydrogens is 222 g/mol. The highest BCUT2D eigenvalue weighted by Gasteiger charge is 2.14. The van der Waals surface area contributed by atoms with Crippen LogP contribution in [0.5, 0.6) is 5.75 Å². The molecule has 0 amide bonds. The normalized spacial score (nSPS) is 16.4. The maximum Gasteiger partial charge on any atom is 0.119 e. The van der Waals surface area contributed by atoms with E-state index in [0.29, 0.717) is 0 Å². The molecule has 1 aliphatic heterocycles. The lowest BCUT2D eigenvalue weighted by molar-refractivity contribution is 0.253. The zero-order valence-electron chi connectivity index (χ0n) is 11.9. The second-order valence-electron chi connectivity index (χ2n) is 5.70. The SMILES string of the molecule is COc1ccc2c(c1)CCCN(CCC(C)C)C2. The summed E-state index contributed by atoms with van der Waals surface area (Å²) in [5.41, 5.74) is 2.96. The van der Waals surface area contributed by atoms with Gasteiger partial charge < -0.3 is 4.74 Å². The highest BCUT2D eigenvalue weighted by Crippen LogP contribution is 2.23. The van der Waals surface area contributed by atoms with Crippen LogP contribution in [0.2, 0.25) is 0 Å². The van der Waals surface area contributed by atoms with Crippen molar-refractivity contribution < 1.29 is 4.74 Å². The minimum Gasteiger partial charge on any atom is -0.497 e. The highest BCUT2D eigenvalue weighted by molar-refractivity contribution is 5.36. The molecule has 1 aliphatic rings. The van der Waals surface area contributed by atoms with E-state index in [1.165, 1.54) is 43.5 Å². The summed E-state index contributed by atoms with van der Waals surface area (Å²) in [5.74, 6) is 1.79. The number of rotatable bonds is 4. The molecule has 0 radical (unpaired) electrons. The van der Waals surface area contributed by atoms with Gasteiger partial charge in [0.2, 0.25) is 0 Å². The molecule has 0 spiro atoms. The molecule has 0 fully saturated rings. The van der Waals surface area contributed by atoms with Crippen molar-refractivity contribution in [1.29, 1.82) is 0 Å². The van der Waals surface area contributed by atoms with E-state index in [-0.39, 0.29) is 0 Å². The highest BCUT2D eigenvalue weighted by atomic mass is 16.5. The van der Waals surface area contributed by atoms with Crippen molar-refractivity contribution in [3.05, 3.63) is 29.3 Å². The predicted octanol–water partition coefficient (Wildman–Crippen LogP) is 3.49. The van der Waals surface area contributed by atoms with Crippen LogP contribution in [0.3, 0.4) is 0 Å².